The van der Waals surface area contributed by atoms with E-state index in [1.54, 1.807) is 6.26 Å². The van der Waals surface area contributed by atoms with Gasteiger partial charge in [0, 0.05) is 0 Å². The first-order valence-corrected chi connectivity index (χ1v) is 5.57. The summed E-state index contributed by atoms with van der Waals surface area (Å²) in [5.74, 6) is 1.65. The number of anilines is 1. The minimum absolute atomic E-state index is 0.0885. The smallest absolute Gasteiger partial charge is 0.201 e. The lowest BCUT2D eigenvalue weighted by atomic mass is 10.2. The van der Waals surface area contributed by atoms with Gasteiger partial charge in [0.05, 0.1) is 23.3 Å². The lowest BCUT2D eigenvalue weighted by Gasteiger charge is -2.09. The highest BCUT2D eigenvalue weighted by molar-refractivity contribution is 5.77. The van der Waals surface area contributed by atoms with E-state index in [0.717, 1.165) is 22.7 Å². The Morgan fingerprint density at radius 3 is 2.88 bits per heavy atom. The number of rotatable bonds is 3. The minimum atomic E-state index is 0.0885. The minimum Gasteiger partial charge on any atom is -0.467 e. The summed E-state index contributed by atoms with van der Waals surface area (Å²) >= 11 is 0. The van der Waals surface area contributed by atoms with Crippen molar-refractivity contribution >= 4 is 17.0 Å². The van der Waals surface area contributed by atoms with Gasteiger partial charge in [0.2, 0.25) is 5.95 Å². The van der Waals surface area contributed by atoms with Crippen LogP contribution in [-0.4, -0.2) is 9.97 Å². The van der Waals surface area contributed by atoms with Crippen LogP contribution in [0.2, 0.25) is 0 Å². The Balaban J connectivity index is 1.85. The highest BCUT2D eigenvalue weighted by Gasteiger charge is 2.10. The molecule has 2 N–H and O–H groups in total. The maximum atomic E-state index is 5.34. The van der Waals surface area contributed by atoms with Crippen molar-refractivity contribution in [3.05, 3.63) is 48.4 Å². The largest absolute Gasteiger partial charge is 0.467 e. The van der Waals surface area contributed by atoms with E-state index in [1.807, 2.05) is 43.3 Å². The second kappa shape index (κ2) is 3.97. The zero-order chi connectivity index (χ0) is 11.7. The SMILES string of the molecule is CC(Nc1nc2ccccc2[nH]1)c1ccco1. The first-order valence-electron chi connectivity index (χ1n) is 5.57. The number of furan rings is 1. The molecular weight excluding hydrogens is 214 g/mol. The molecule has 4 heteroatoms. The molecule has 0 aliphatic carbocycles. The van der Waals surface area contributed by atoms with Gasteiger partial charge in [0.1, 0.15) is 5.76 Å². The molecule has 0 amide bonds. The van der Waals surface area contributed by atoms with Crippen LogP contribution in [0.15, 0.2) is 47.1 Å². The van der Waals surface area contributed by atoms with Gasteiger partial charge < -0.3 is 14.7 Å². The van der Waals surface area contributed by atoms with Crippen molar-refractivity contribution in [3.8, 4) is 0 Å². The second-order valence-corrected chi connectivity index (χ2v) is 3.98. The Hall–Kier alpha value is -2.23. The van der Waals surface area contributed by atoms with Crippen molar-refractivity contribution in [1.82, 2.24) is 9.97 Å². The average molecular weight is 227 g/mol. The van der Waals surface area contributed by atoms with Crippen LogP contribution < -0.4 is 5.32 Å². The summed E-state index contributed by atoms with van der Waals surface area (Å²) in [5.41, 5.74) is 1.99. The topological polar surface area (TPSA) is 53.9 Å². The molecule has 17 heavy (non-hydrogen) atoms. The van der Waals surface area contributed by atoms with E-state index in [1.165, 1.54) is 0 Å². The number of hydrogen-bond donors (Lipinski definition) is 2. The number of aromatic amines is 1. The van der Waals surface area contributed by atoms with Gasteiger partial charge in [-0.15, -0.1) is 0 Å². The normalized spacial score (nSPS) is 12.8. The monoisotopic (exact) mass is 227 g/mol. The number of imidazole rings is 1. The van der Waals surface area contributed by atoms with Gasteiger partial charge >= 0.3 is 0 Å². The van der Waals surface area contributed by atoms with Crippen LogP contribution >= 0.6 is 0 Å². The molecule has 1 atom stereocenters. The van der Waals surface area contributed by atoms with Gasteiger partial charge in [-0.05, 0) is 31.2 Å². The van der Waals surface area contributed by atoms with Crippen LogP contribution in [0.25, 0.3) is 11.0 Å². The second-order valence-electron chi connectivity index (χ2n) is 3.98. The molecule has 1 aromatic carbocycles. The summed E-state index contributed by atoms with van der Waals surface area (Å²) in [6.07, 6.45) is 1.67. The van der Waals surface area contributed by atoms with Gasteiger partial charge in [-0.3, -0.25) is 0 Å². The lowest BCUT2D eigenvalue weighted by Crippen LogP contribution is -2.06. The zero-order valence-electron chi connectivity index (χ0n) is 9.47. The highest BCUT2D eigenvalue weighted by atomic mass is 16.3. The predicted octanol–water partition coefficient (Wildman–Crippen LogP) is 3.33. The Morgan fingerprint density at radius 2 is 2.12 bits per heavy atom. The molecule has 3 rings (SSSR count). The summed E-state index contributed by atoms with van der Waals surface area (Å²) < 4.78 is 5.34. The molecule has 0 aliphatic rings. The first-order chi connectivity index (χ1) is 8.33. The Morgan fingerprint density at radius 1 is 1.24 bits per heavy atom. The van der Waals surface area contributed by atoms with E-state index in [2.05, 4.69) is 15.3 Å². The molecule has 0 saturated heterocycles. The number of benzene rings is 1. The van der Waals surface area contributed by atoms with E-state index in [9.17, 15) is 0 Å². The standard InChI is InChI=1S/C13H13N3O/c1-9(12-7-4-8-17-12)14-13-15-10-5-2-3-6-11(10)16-13/h2-9H,1H3,(H2,14,15,16). The van der Waals surface area contributed by atoms with Gasteiger partial charge in [-0.25, -0.2) is 4.98 Å². The molecule has 0 aliphatic heterocycles. The van der Waals surface area contributed by atoms with Crippen molar-refractivity contribution in [2.24, 2.45) is 0 Å². The maximum Gasteiger partial charge on any atom is 0.201 e. The van der Waals surface area contributed by atoms with Crippen molar-refractivity contribution in [2.45, 2.75) is 13.0 Å². The van der Waals surface area contributed by atoms with Gasteiger partial charge in [0.15, 0.2) is 0 Å². The molecule has 0 radical (unpaired) electrons. The van der Waals surface area contributed by atoms with E-state index >= 15 is 0 Å². The van der Waals surface area contributed by atoms with Crippen LogP contribution in [-0.2, 0) is 0 Å². The fraction of sp³-hybridized carbons (Fsp3) is 0.154. The Labute approximate surface area is 98.7 Å². The maximum absolute atomic E-state index is 5.34. The number of nitrogens with zero attached hydrogens (tertiary/aromatic N) is 1. The van der Waals surface area contributed by atoms with Crippen LogP contribution in [0.1, 0.15) is 18.7 Å². The summed E-state index contributed by atoms with van der Waals surface area (Å²) in [6.45, 7) is 2.03. The van der Waals surface area contributed by atoms with E-state index in [4.69, 9.17) is 4.42 Å². The van der Waals surface area contributed by atoms with Crippen molar-refractivity contribution in [3.63, 3.8) is 0 Å². The van der Waals surface area contributed by atoms with Crippen molar-refractivity contribution < 1.29 is 4.42 Å². The number of H-pyrrole nitrogens is 1. The van der Waals surface area contributed by atoms with E-state index in [-0.39, 0.29) is 6.04 Å². The third kappa shape index (κ3) is 1.89. The highest BCUT2D eigenvalue weighted by Crippen LogP contribution is 2.19. The zero-order valence-corrected chi connectivity index (χ0v) is 9.47. The van der Waals surface area contributed by atoms with Crippen LogP contribution in [0.5, 0.6) is 0 Å². The third-order valence-corrected chi connectivity index (χ3v) is 2.71. The van der Waals surface area contributed by atoms with E-state index in [0.29, 0.717) is 0 Å². The summed E-state index contributed by atoms with van der Waals surface area (Å²) in [6, 6.07) is 11.9. The fourth-order valence-electron chi connectivity index (χ4n) is 1.84. The van der Waals surface area contributed by atoms with Crippen LogP contribution in [0, 0.1) is 0 Å². The Kier molecular flexibility index (Phi) is 2.33. The van der Waals surface area contributed by atoms with Gasteiger partial charge in [-0.2, -0.15) is 0 Å². The third-order valence-electron chi connectivity index (χ3n) is 2.71. The fourth-order valence-corrected chi connectivity index (χ4v) is 1.84. The van der Waals surface area contributed by atoms with Crippen LogP contribution in [0.3, 0.4) is 0 Å². The first kappa shape index (κ1) is 9.96. The molecule has 4 nitrogen and oxygen atoms in total. The lowest BCUT2D eigenvalue weighted by molar-refractivity contribution is 0.490. The number of hydrogen-bond acceptors (Lipinski definition) is 3. The van der Waals surface area contributed by atoms with E-state index < -0.39 is 0 Å². The number of fused-ring (bicyclic) bond motifs is 1. The molecule has 3 aromatic rings. The van der Waals surface area contributed by atoms with Crippen molar-refractivity contribution in [1.29, 1.82) is 0 Å². The van der Waals surface area contributed by atoms with Gasteiger partial charge in [0.25, 0.3) is 0 Å². The van der Waals surface area contributed by atoms with Gasteiger partial charge in [-0.1, -0.05) is 12.1 Å². The molecule has 2 heterocycles. The average Bonchev–Trinajstić information content (AvgIpc) is 2.97. The quantitative estimate of drug-likeness (QED) is 0.721. The summed E-state index contributed by atoms with van der Waals surface area (Å²) in [5, 5.41) is 3.27. The molecule has 0 saturated carbocycles. The molecule has 0 bridgehead atoms. The number of nitrogens with one attached hydrogen (secondary N) is 2. The molecular formula is C13H13N3O. The molecule has 2 aromatic heterocycles. The number of aromatic nitrogens is 2. The summed E-state index contributed by atoms with van der Waals surface area (Å²) in [4.78, 5) is 7.68. The predicted molar refractivity (Wildman–Crippen MR) is 66.8 cm³/mol. The summed E-state index contributed by atoms with van der Waals surface area (Å²) in [7, 11) is 0. The van der Waals surface area contributed by atoms with Crippen LogP contribution in [0.4, 0.5) is 5.95 Å². The number of para-hydroxylation sites is 2. The molecule has 0 spiro atoms. The molecule has 0 fully saturated rings. The van der Waals surface area contributed by atoms with Crippen molar-refractivity contribution in [2.75, 3.05) is 5.32 Å². The Bertz CT molecular complexity index is 579. The molecule has 86 valence electrons. The molecule has 1 unspecified atom stereocenters.